The van der Waals surface area contributed by atoms with Crippen LogP contribution in [0.5, 0.6) is 0 Å². The van der Waals surface area contributed by atoms with E-state index in [1.54, 1.807) is 20.8 Å². The van der Waals surface area contributed by atoms with Gasteiger partial charge in [0.15, 0.2) is 0 Å². The Bertz CT molecular complexity index is 565. The van der Waals surface area contributed by atoms with Crippen molar-refractivity contribution in [2.24, 2.45) is 11.1 Å². The number of carboxylic acids is 2. The van der Waals surface area contributed by atoms with Gasteiger partial charge in [0.2, 0.25) is 0 Å². The molecule has 0 heterocycles. The molecule has 29 heavy (non-hydrogen) atoms. The lowest BCUT2D eigenvalue weighted by atomic mass is 9.72. The Morgan fingerprint density at radius 1 is 1.10 bits per heavy atom. The topological polar surface area (TPSA) is 165 Å². The van der Waals surface area contributed by atoms with Gasteiger partial charge in [-0.15, -0.1) is 0 Å². The van der Waals surface area contributed by atoms with Gasteiger partial charge in [-0.2, -0.15) is 0 Å². The molecular weight excluding hydrogens is 384 g/mol. The Morgan fingerprint density at radius 3 is 2.03 bits per heavy atom. The van der Waals surface area contributed by atoms with Gasteiger partial charge in [0.05, 0.1) is 20.0 Å². The molecule has 0 aliphatic heterocycles. The molecular formula is C19H34N2O8. The quantitative estimate of drug-likeness (QED) is 0.452. The average molecular weight is 418 g/mol. The molecule has 1 atom stereocenters. The number of methoxy groups -OCH3 is 1. The van der Waals surface area contributed by atoms with Crippen LogP contribution >= 0.6 is 0 Å². The van der Waals surface area contributed by atoms with Crippen molar-refractivity contribution in [1.29, 1.82) is 0 Å². The molecule has 0 aromatic carbocycles. The van der Waals surface area contributed by atoms with Crippen molar-refractivity contribution in [3.63, 3.8) is 0 Å². The van der Waals surface area contributed by atoms with Crippen LogP contribution in [0.1, 0.15) is 65.7 Å². The molecule has 168 valence electrons. The van der Waals surface area contributed by atoms with Gasteiger partial charge in [0.25, 0.3) is 0 Å². The molecule has 0 bridgehead atoms. The second kappa shape index (κ2) is 12.3. The van der Waals surface area contributed by atoms with Gasteiger partial charge >= 0.3 is 24.0 Å². The number of carboxylic acid groups (broad SMARTS) is 2. The monoisotopic (exact) mass is 418 g/mol. The van der Waals surface area contributed by atoms with Crippen LogP contribution in [0, 0.1) is 5.41 Å². The van der Waals surface area contributed by atoms with E-state index in [1.807, 2.05) is 0 Å². The van der Waals surface area contributed by atoms with Crippen LogP contribution in [-0.2, 0) is 23.9 Å². The van der Waals surface area contributed by atoms with Crippen molar-refractivity contribution in [2.45, 2.75) is 77.4 Å². The van der Waals surface area contributed by atoms with E-state index in [0.29, 0.717) is 6.54 Å². The van der Waals surface area contributed by atoms with Crippen LogP contribution in [0.15, 0.2) is 0 Å². The summed E-state index contributed by atoms with van der Waals surface area (Å²) in [6.45, 7) is 5.45. The van der Waals surface area contributed by atoms with Gasteiger partial charge in [-0.05, 0) is 45.6 Å². The van der Waals surface area contributed by atoms with E-state index in [0.717, 1.165) is 32.8 Å². The van der Waals surface area contributed by atoms with Crippen LogP contribution < -0.4 is 11.1 Å². The fourth-order valence-electron chi connectivity index (χ4n) is 2.98. The summed E-state index contributed by atoms with van der Waals surface area (Å²) < 4.78 is 9.19. The molecule has 1 fully saturated rings. The van der Waals surface area contributed by atoms with E-state index in [1.165, 1.54) is 6.42 Å². The van der Waals surface area contributed by atoms with Crippen LogP contribution in [-0.4, -0.2) is 59.5 Å². The number of amides is 1. The molecule has 1 rings (SSSR count). The number of alkyl carbamates (subject to hydrolysis) is 1. The van der Waals surface area contributed by atoms with E-state index < -0.39 is 42.1 Å². The lowest BCUT2D eigenvalue weighted by Gasteiger charge is -2.34. The minimum absolute atomic E-state index is 0.0793. The predicted octanol–water partition coefficient (Wildman–Crippen LogP) is 1.90. The van der Waals surface area contributed by atoms with Crippen molar-refractivity contribution in [3.8, 4) is 0 Å². The van der Waals surface area contributed by atoms with Crippen molar-refractivity contribution in [1.82, 2.24) is 5.32 Å². The van der Waals surface area contributed by atoms with Crippen LogP contribution in [0.25, 0.3) is 0 Å². The molecule has 1 amide bonds. The molecule has 0 spiro atoms. The zero-order valence-corrected chi connectivity index (χ0v) is 17.7. The van der Waals surface area contributed by atoms with Gasteiger partial charge in [-0.1, -0.05) is 19.3 Å². The van der Waals surface area contributed by atoms with Crippen LogP contribution in [0.3, 0.4) is 0 Å². The highest BCUT2D eigenvalue weighted by Gasteiger charge is 2.32. The maximum absolute atomic E-state index is 11.3. The number of nitrogens with two attached hydrogens (primary N) is 1. The Kier molecular flexibility index (Phi) is 11.3. The van der Waals surface area contributed by atoms with Crippen LogP contribution in [0.2, 0.25) is 0 Å². The van der Waals surface area contributed by atoms with Gasteiger partial charge in [0, 0.05) is 0 Å². The van der Waals surface area contributed by atoms with Gasteiger partial charge < -0.3 is 30.7 Å². The molecule has 0 aromatic rings. The normalized spacial score (nSPS) is 16.4. The number of hydrogen-bond acceptors (Lipinski definition) is 7. The Balaban J connectivity index is 0.000000571. The third-order valence-electron chi connectivity index (χ3n) is 4.46. The molecule has 10 nitrogen and oxygen atoms in total. The minimum atomic E-state index is -1.36. The van der Waals surface area contributed by atoms with Gasteiger partial charge in [-0.3, -0.25) is 9.59 Å². The van der Waals surface area contributed by atoms with Crippen molar-refractivity contribution in [3.05, 3.63) is 0 Å². The first-order valence-corrected chi connectivity index (χ1v) is 9.55. The average Bonchev–Trinajstić information content (AvgIpc) is 2.60. The summed E-state index contributed by atoms with van der Waals surface area (Å²) in [5, 5.41) is 19.6. The maximum atomic E-state index is 11.3. The number of ether oxygens (including phenoxy) is 2. The molecule has 1 saturated carbocycles. The highest BCUT2D eigenvalue weighted by molar-refractivity contribution is 5.85. The highest BCUT2D eigenvalue weighted by Crippen LogP contribution is 2.38. The van der Waals surface area contributed by atoms with Crippen LogP contribution in [0.4, 0.5) is 4.79 Å². The van der Waals surface area contributed by atoms with Gasteiger partial charge in [0.1, 0.15) is 11.6 Å². The summed E-state index contributed by atoms with van der Waals surface area (Å²) in [6.07, 6.45) is 4.42. The first-order chi connectivity index (χ1) is 13.3. The molecule has 0 radical (unpaired) electrons. The fourth-order valence-corrected chi connectivity index (χ4v) is 2.98. The molecule has 10 heteroatoms. The zero-order valence-electron chi connectivity index (χ0n) is 17.7. The summed E-state index contributed by atoms with van der Waals surface area (Å²) in [4.78, 5) is 43.6. The molecule has 0 unspecified atom stereocenters. The van der Waals surface area contributed by atoms with E-state index in [2.05, 4.69) is 10.1 Å². The highest BCUT2D eigenvalue weighted by atomic mass is 16.6. The Hall–Kier alpha value is -2.36. The standard InChI is InChI=1S/C10H17NO6.C9H17NO2/c1-10(2,3)17-9(15)11-6(8(13)14)5-7(12)16-4;10-7-9(6-8(11)12)4-2-1-3-5-9/h6H,5H2,1-4H3,(H,11,15)(H,13,14);1-7,10H2,(H,11,12)/t6-;/m0./s1. The first kappa shape index (κ1) is 26.6. The smallest absolute Gasteiger partial charge is 0.408 e. The molecule has 0 saturated heterocycles. The lowest BCUT2D eigenvalue weighted by Crippen LogP contribution is -2.44. The van der Waals surface area contributed by atoms with Crippen molar-refractivity contribution in [2.75, 3.05) is 13.7 Å². The lowest BCUT2D eigenvalue weighted by molar-refractivity contribution is -0.147. The zero-order chi connectivity index (χ0) is 22.7. The third kappa shape index (κ3) is 11.9. The summed E-state index contributed by atoms with van der Waals surface area (Å²) in [5.41, 5.74) is 4.81. The summed E-state index contributed by atoms with van der Waals surface area (Å²) in [7, 11) is 1.13. The largest absolute Gasteiger partial charge is 0.481 e. The number of carbonyl (C=O) groups is 4. The molecule has 5 N–H and O–H groups in total. The maximum Gasteiger partial charge on any atom is 0.408 e. The summed E-state index contributed by atoms with van der Waals surface area (Å²) in [6, 6.07) is -1.36. The second-order valence-corrected chi connectivity index (χ2v) is 8.15. The molecule has 0 aromatic heterocycles. The van der Waals surface area contributed by atoms with E-state index in [-0.39, 0.29) is 11.8 Å². The summed E-state index contributed by atoms with van der Waals surface area (Å²) >= 11 is 0. The predicted molar refractivity (Wildman–Crippen MR) is 104 cm³/mol. The Labute approximate surface area is 171 Å². The number of carbonyl (C=O) groups excluding carboxylic acids is 2. The van der Waals surface area contributed by atoms with E-state index >= 15 is 0 Å². The van der Waals surface area contributed by atoms with E-state index in [9.17, 15) is 19.2 Å². The number of esters is 1. The SMILES string of the molecule is COC(=O)C[C@H](NC(=O)OC(C)(C)C)C(=O)O.NCC1(CC(=O)O)CCCCC1. The van der Waals surface area contributed by atoms with Crippen molar-refractivity contribution >= 4 is 24.0 Å². The second-order valence-electron chi connectivity index (χ2n) is 8.15. The number of nitrogens with one attached hydrogen (secondary N) is 1. The van der Waals surface area contributed by atoms with E-state index in [4.69, 9.17) is 20.7 Å². The fraction of sp³-hybridized carbons (Fsp3) is 0.789. The number of aliphatic carboxylic acids is 2. The van der Waals surface area contributed by atoms with Gasteiger partial charge in [-0.25, -0.2) is 9.59 Å². The summed E-state index contributed by atoms with van der Waals surface area (Å²) in [5.74, 6) is -2.77. The molecule has 1 aliphatic carbocycles. The number of hydrogen-bond donors (Lipinski definition) is 4. The first-order valence-electron chi connectivity index (χ1n) is 9.55. The Morgan fingerprint density at radius 2 is 1.66 bits per heavy atom. The molecule has 1 aliphatic rings. The minimum Gasteiger partial charge on any atom is -0.481 e. The number of rotatable bonds is 7. The van der Waals surface area contributed by atoms with Crippen molar-refractivity contribution < 1.29 is 38.9 Å². The third-order valence-corrected chi connectivity index (χ3v) is 4.46.